The molecule has 4 nitrogen and oxygen atoms in total. The van der Waals surface area contributed by atoms with Gasteiger partial charge in [-0.2, -0.15) is 0 Å². The van der Waals surface area contributed by atoms with Crippen LogP contribution in [-0.2, 0) is 18.9 Å². The molecule has 0 bridgehead atoms. The third-order valence-corrected chi connectivity index (χ3v) is 3.61. The Balaban J connectivity index is 2.35. The summed E-state index contributed by atoms with van der Waals surface area (Å²) in [6, 6.07) is 0. The van der Waals surface area contributed by atoms with Crippen molar-refractivity contribution in [2.45, 2.75) is 31.5 Å². The summed E-state index contributed by atoms with van der Waals surface area (Å²) in [5.74, 6) is -0.894. The van der Waals surface area contributed by atoms with Crippen LogP contribution in [0, 0.1) is 5.41 Å². The zero-order chi connectivity index (χ0) is 10.2. The highest BCUT2D eigenvalue weighted by Crippen LogP contribution is 2.56. The van der Waals surface area contributed by atoms with Crippen LogP contribution in [0.3, 0.4) is 0 Å². The Morgan fingerprint density at radius 1 is 1.43 bits per heavy atom. The number of hydrogen-bond donors (Lipinski definition) is 0. The topological polar surface area (TPSA) is 44.8 Å². The summed E-state index contributed by atoms with van der Waals surface area (Å²) >= 11 is 0. The minimum Gasteiger partial charge on any atom is -0.468 e. The molecule has 78 valence electrons. The van der Waals surface area contributed by atoms with Crippen molar-refractivity contribution in [1.82, 2.24) is 0 Å². The average molecular weight is 198 g/mol. The lowest BCUT2D eigenvalue weighted by atomic mass is 9.80. The maximum absolute atomic E-state index is 11.8. The van der Waals surface area contributed by atoms with Gasteiger partial charge in [-0.1, -0.05) is 0 Å². The molecule has 0 aromatic rings. The predicted octanol–water partition coefficient (Wildman–Crippen LogP) is 0.0110. The lowest BCUT2D eigenvalue weighted by molar-refractivity contribution is -0.205. The maximum atomic E-state index is 11.8. The van der Waals surface area contributed by atoms with E-state index in [1.165, 1.54) is 7.11 Å². The van der Waals surface area contributed by atoms with Gasteiger partial charge in [0.25, 0.3) is 8.05 Å². The molecule has 1 saturated carbocycles. The zero-order valence-corrected chi connectivity index (χ0v) is 8.67. The number of rotatable bonds is 2. The second-order valence-corrected chi connectivity index (χ2v) is 3.98. The molecule has 1 aliphatic carbocycles. The van der Waals surface area contributed by atoms with Gasteiger partial charge >= 0.3 is 5.97 Å². The molecular weight excluding hydrogens is 183 g/mol. The molecule has 14 heavy (non-hydrogen) atoms. The SMILES string of the molecule is BOC12CCCC1(C(=O)OC)CCO2. The van der Waals surface area contributed by atoms with Crippen LogP contribution >= 0.6 is 0 Å². The van der Waals surface area contributed by atoms with Crippen LogP contribution in [0.15, 0.2) is 0 Å². The first-order chi connectivity index (χ1) is 6.71. The molecule has 0 amide bonds. The van der Waals surface area contributed by atoms with Crippen molar-refractivity contribution in [2.75, 3.05) is 13.7 Å². The Morgan fingerprint density at radius 3 is 2.86 bits per heavy atom. The van der Waals surface area contributed by atoms with Crippen LogP contribution in [0.2, 0.25) is 0 Å². The molecule has 2 unspecified atom stereocenters. The minimum atomic E-state index is -0.708. The smallest absolute Gasteiger partial charge is 0.317 e. The first-order valence-corrected chi connectivity index (χ1v) is 4.98. The summed E-state index contributed by atoms with van der Waals surface area (Å²) < 4.78 is 15.9. The highest BCUT2D eigenvalue weighted by atomic mass is 16.7. The van der Waals surface area contributed by atoms with Gasteiger partial charge in [0.05, 0.1) is 13.7 Å². The second kappa shape index (κ2) is 3.24. The normalized spacial score (nSPS) is 40.9. The highest BCUT2D eigenvalue weighted by molar-refractivity contribution is 5.98. The van der Waals surface area contributed by atoms with E-state index in [9.17, 15) is 4.79 Å². The summed E-state index contributed by atoms with van der Waals surface area (Å²) in [7, 11) is 3.03. The summed E-state index contributed by atoms with van der Waals surface area (Å²) in [6.45, 7) is 0.586. The summed E-state index contributed by atoms with van der Waals surface area (Å²) in [5.41, 5.74) is -0.545. The van der Waals surface area contributed by atoms with Gasteiger partial charge in [0.2, 0.25) is 0 Å². The van der Waals surface area contributed by atoms with Gasteiger partial charge in [0, 0.05) is 6.42 Å². The van der Waals surface area contributed by atoms with E-state index >= 15 is 0 Å². The van der Waals surface area contributed by atoms with Crippen molar-refractivity contribution >= 4 is 14.0 Å². The molecule has 1 aliphatic heterocycles. The van der Waals surface area contributed by atoms with E-state index in [1.54, 1.807) is 8.05 Å². The Hall–Kier alpha value is -0.545. The van der Waals surface area contributed by atoms with E-state index in [0.29, 0.717) is 13.0 Å². The third kappa shape index (κ3) is 0.996. The first-order valence-electron chi connectivity index (χ1n) is 4.98. The Morgan fingerprint density at radius 2 is 2.21 bits per heavy atom. The maximum Gasteiger partial charge on any atom is 0.317 e. The second-order valence-electron chi connectivity index (χ2n) is 3.98. The van der Waals surface area contributed by atoms with Crippen LogP contribution in [0.4, 0.5) is 0 Å². The number of carbonyl (C=O) groups is 1. The molecule has 1 heterocycles. The van der Waals surface area contributed by atoms with Crippen LogP contribution in [0.25, 0.3) is 0 Å². The lowest BCUT2D eigenvalue weighted by Crippen LogP contribution is -2.48. The Labute approximate surface area is 84.3 Å². The standard InChI is InChI=1S/C9H15BO4/c1-12-7(11)8-3-2-4-9(8,14-10)13-6-5-8/h2-6,10H2,1H3. The van der Waals surface area contributed by atoms with Gasteiger partial charge in [-0.3, -0.25) is 4.79 Å². The highest BCUT2D eigenvalue weighted by Gasteiger charge is 2.64. The number of hydrogen-bond acceptors (Lipinski definition) is 4. The van der Waals surface area contributed by atoms with Gasteiger partial charge in [-0.05, 0) is 19.3 Å². The van der Waals surface area contributed by atoms with Crippen LogP contribution in [-0.4, -0.2) is 33.5 Å². The van der Waals surface area contributed by atoms with Crippen LogP contribution in [0.1, 0.15) is 25.7 Å². The number of methoxy groups -OCH3 is 1. The lowest BCUT2D eigenvalue weighted by Gasteiger charge is -2.35. The van der Waals surface area contributed by atoms with Gasteiger partial charge in [0.15, 0.2) is 5.79 Å². The predicted molar refractivity (Wildman–Crippen MR) is 51.2 cm³/mol. The quantitative estimate of drug-likeness (QED) is 0.463. The Bertz CT molecular complexity index is 243. The summed E-state index contributed by atoms with van der Waals surface area (Å²) in [4.78, 5) is 11.8. The monoisotopic (exact) mass is 198 g/mol. The van der Waals surface area contributed by atoms with Crippen LogP contribution in [0.5, 0.6) is 0 Å². The van der Waals surface area contributed by atoms with Crippen molar-refractivity contribution < 1.29 is 18.9 Å². The molecule has 0 aromatic heterocycles. The van der Waals surface area contributed by atoms with Crippen molar-refractivity contribution in [3.05, 3.63) is 0 Å². The van der Waals surface area contributed by atoms with Gasteiger partial charge < -0.3 is 14.1 Å². The molecule has 0 aromatic carbocycles. The number of fused-ring (bicyclic) bond motifs is 1. The molecule has 0 radical (unpaired) electrons. The van der Waals surface area contributed by atoms with Crippen LogP contribution < -0.4 is 0 Å². The van der Waals surface area contributed by atoms with Crippen molar-refractivity contribution in [1.29, 1.82) is 0 Å². The zero-order valence-electron chi connectivity index (χ0n) is 8.67. The average Bonchev–Trinajstić information content (AvgIpc) is 2.71. The van der Waals surface area contributed by atoms with E-state index in [2.05, 4.69) is 0 Å². The molecule has 0 N–H and O–H groups in total. The van der Waals surface area contributed by atoms with Gasteiger partial charge in [0.1, 0.15) is 5.41 Å². The van der Waals surface area contributed by atoms with Gasteiger partial charge in [-0.15, -0.1) is 0 Å². The van der Waals surface area contributed by atoms with E-state index in [0.717, 1.165) is 19.3 Å². The molecule has 0 spiro atoms. The van der Waals surface area contributed by atoms with Gasteiger partial charge in [-0.25, -0.2) is 0 Å². The fourth-order valence-corrected chi connectivity index (χ4v) is 2.88. The number of ether oxygens (including phenoxy) is 2. The first kappa shape index (κ1) is 9.99. The third-order valence-electron chi connectivity index (χ3n) is 3.61. The minimum absolute atomic E-state index is 0.186. The molecule has 5 heteroatoms. The molecule has 2 aliphatic rings. The fraction of sp³-hybridized carbons (Fsp3) is 0.889. The fourth-order valence-electron chi connectivity index (χ4n) is 2.88. The summed E-state index contributed by atoms with van der Waals surface area (Å²) in [5, 5.41) is 0. The number of carbonyl (C=O) groups excluding carboxylic acids is 1. The summed E-state index contributed by atoms with van der Waals surface area (Å²) in [6.07, 6.45) is 3.28. The molecule has 2 atom stereocenters. The molecule has 2 fully saturated rings. The van der Waals surface area contributed by atoms with Crippen molar-refractivity contribution in [3.63, 3.8) is 0 Å². The van der Waals surface area contributed by atoms with Crippen molar-refractivity contribution in [3.8, 4) is 0 Å². The Kier molecular flexibility index (Phi) is 2.31. The van der Waals surface area contributed by atoms with E-state index in [4.69, 9.17) is 14.1 Å². The number of esters is 1. The van der Waals surface area contributed by atoms with Crippen molar-refractivity contribution in [2.24, 2.45) is 5.41 Å². The van der Waals surface area contributed by atoms with E-state index < -0.39 is 11.2 Å². The molecular formula is C9H15BO4. The molecule has 1 saturated heterocycles. The van der Waals surface area contributed by atoms with E-state index in [1.807, 2.05) is 0 Å². The molecule has 2 rings (SSSR count). The largest absolute Gasteiger partial charge is 0.468 e. The van der Waals surface area contributed by atoms with E-state index in [-0.39, 0.29) is 5.97 Å².